The normalized spacial score (nSPS) is 27.6. The molecular weight excluding hydrogens is 266 g/mol. The fraction of sp³-hybridized carbons (Fsp3) is 0.833. The summed E-state index contributed by atoms with van der Waals surface area (Å²) in [7, 11) is 0. The molecule has 20 heavy (non-hydrogen) atoms. The first-order valence-electron chi connectivity index (χ1n) is 6.84. The number of ether oxygens (including phenoxy) is 1. The Balaban J connectivity index is 1.69. The number of nitrogens with zero attached hydrogens (tertiary/aromatic N) is 1. The maximum absolute atomic E-state index is 11.5. The first-order chi connectivity index (χ1) is 9.60. The molecule has 8 heteroatoms. The lowest BCUT2D eigenvalue weighted by molar-refractivity contribution is -0.140. The number of amides is 2. The molecule has 0 spiro atoms. The van der Waals surface area contributed by atoms with Gasteiger partial charge in [0.1, 0.15) is 0 Å². The molecule has 2 rings (SSSR count). The van der Waals surface area contributed by atoms with Gasteiger partial charge >= 0.3 is 12.0 Å². The molecule has 2 unspecified atom stereocenters. The van der Waals surface area contributed by atoms with Crippen molar-refractivity contribution >= 4 is 12.0 Å². The zero-order valence-electron chi connectivity index (χ0n) is 11.2. The number of nitrogens with one attached hydrogen (secondary N) is 2. The van der Waals surface area contributed by atoms with Gasteiger partial charge in [-0.1, -0.05) is 0 Å². The summed E-state index contributed by atoms with van der Waals surface area (Å²) in [5, 5.41) is 22.3. The second kappa shape index (κ2) is 6.87. The molecule has 2 amide bonds. The molecule has 3 atom stereocenters. The first kappa shape index (κ1) is 15.0. The van der Waals surface area contributed by atoms with Crippen molar-refractivity contribution in [1.29, 1.82) is 0 Å². The Morgan fingerprint density at radius 3 is 2.95 bits per heavy atom. The summed E-state index contributed by atoms with van der Waals surface area (Å²) in [5.41, 5.74) is 0. The van der Waals surface area contributed by atoms with Crippen LogP contribution in [0.5, 0.6) is 0 Å². The van der Waals surface area contributed by atoms with E-state index in [9.17, 15) is 9.59 Å². The van der Waals surface area contributed by atoms with Crippen molar-refractivity contribution in [1.82, 2.24) is 15.5 Å². The third kappa shape index (κ3) is 3.81. The van der Waals surface area contributed by atoms with E-state index in [1.54, 1.807) is 0 Å². The smallest absolute Gasteiger partial charge is 0.328 e. The predicted molar refractivity (Wildman–Crippen MR) is 69.4 cm³/mol. The predicted octanol–water partition coefficient (Wildman–Crippen LogP) is -1.41. The maximum atomic E-state index is 11.5. The van der Waals surface area contributed by atoms with Crippen LogP contribution in [0.15, 0.2) is 0 Å². The minimum Gasteiger partial charge on any atom is -0.480 e. The van der Waals surface area contributed by atoms with E-state index in [0.717, 1.165) is 19.5 Å². The molecule has 0 saturated carbocycles. The number of aliphatic carboxylic acids is 1. The van der Waals surface area contributed by atoms with Crippen LogP contribution in [-0.4, -0.2) is 78.1 Å². The van der Waals surface area contributed by atoms with Crippen LogP contribution >= 0.6 is 0 Å². The van der Waals surface area contributed by atoms with Gasteiger partial charge in [0, 0.05) is 19.1 Å². The molecule has 114 valence electrons. The number of aliphatic hydroxyl groups excluding tert-OH is 1. The molecule has 2 fully saturated rings. The van der Waals surface area contributed by atoms with Crippen LogP contribution in [0.25, 0.3) is 0 Å². The molecule has 0 bridgehead atoms. The highest BCUT2D eigenvalue weighted by atomic mass is 16.5. The Morgan fingerprint density at radius 1 is 1.45 bits per heavy atom. The number of fused-ring (bicyclic) bond motifs is 1. The molecule has 0 aliphatic carbocycles. The number of urea groups is 1. The van der Waals surface area contributed by atoms with Gasteiger partial charge in [-0.05, 0) is 19.4 Å². The van der Waals surface area contributed by atoms with E-state index in [4.69, 9.17) is 14.9 Å². The number of morpholine rings is 1. The highest BCUT2D eigenvalue weighted by Crippen LogP contribution is 2.22. The average molecular weight is 287 g/mol. The zero-order chi connectivity index (χ0) is 14.5. The Hall–Kier alpha value is -1.38. The van der Waals surface area contributed by atoms with Crippen LogP contribution in [0, 0.1) is 0 Å². The van der Waals surface area contributed by atoms with Crippen molar-refractivity contribution in [2.45, 2.75) is 31.0 Å². The summed E-state index contributed by atoms with van der Waals surface area (Å²) in [6.07, 6.45) is 2.27. The molecule has 8 nitrogen and oxygen atoms in total. The summed E-state index contributed by atoms with van der Waals surface area (Å²) in [6.45, 7) is 2.23. The Labute approximate surface area is 117 Å². The molecule has 2 saturated heterocycles. The molecule has 4 N–H and O–H groups in total. The molecule has 0 aromatic carbocycles. The second-order valence-corrected chi connectivity index (χ2v) is 5.17. The lowest BCUT2D eigenvalue weighted by atomic mass is 10.2. The van der Waals surface area contributed by atoms with E-state index in [0.29, 0.717) is 19.2 Å². The Kier molecular flexibility index (Phi) is 5.16. The van der Waals surface area contributed by atoms with Crippen LogP contribution in [0.1, 0.15) is 12.8 Å². The highest BCUT2D eigenvalue weighted by molar-refractivity contribution is 5.82. The second-order valence-electron chi connectivity index (χ2n) is 5.17. The van der Waals surface area contributed by atoms with Gasteiger partial charge in [0.25, 0.3) is 0 Å². The molecule has 2 aliphatic heterocycles. The first-order valence-corrected chi connectivity index (χ1v) is 6.84. The summed E-state index contributed by atoms with van der Waals surface area (Å²) in [6, 6.07) is -1.39. The van der Waals surface area contributed by atoms with Gasteiger partial charge in [-0.2, -0.15) is 0 Å². The van der Waals surface area contributed by atoms with Crippen LogP contribution < -0.4 is 10.6 Å². The van der Waals surface area contributed by atoms with Crippen molar-refractivity contribution in [2.75, 3.05) is 32.8 Å². The van der Waals surface area contributed by atoms with Gasteiger partial charge in [0.05, 0.1) is 19.3 Å². The van der Waals surface area contributed by atoms with E-state index in [1.165, 1.54) is 6.42 Å². The molecule has 0 aromatic rings. The van der Waals surface area contributed by atoms with Gasteiger partial charge in [-0.3, -0.25) is 4.90 Å². The number of carbonyl (C=O) groups excluding carboxylic acids is 1. The number of carbonyl (C=O) groups is 2. The van der Waals surface area contributed by atoms with Gasteiger partial charge in [-0.25, -0.2) is 9.59 Å². The fourth-order valence-corrected chi connectivity index (χ4v) is 2.61. The van der Waals surface area contributed by atoms with E-state index in [-0.39, 0.29) is 6.10 Å². The average Bonchev–Trinajstić information content (AvgIpc) is 2.89. The zero-order valence-corrected chi connectivity index (χ0v) is 11.2. The van der Waals surface area contributed by atoms with Crippen molar-refractivity contribution < 1.29 is 24.5 Å². The van der Waals surface area contributed by atoms with Crippen molar-refractivity contribution in [3.63, 3.8) is 0 Å². The van der Waals surface area contributed by atoms with Gasteiger partial charge in [-0.15, -0.1) is 0 Å². The van der Waals surface area contributed by atoms with Crippen LogP contribution in [0.4, 0.5) is 4.79 Å². The van der Waals surface area contributed by atoms with E-state index < -0.39 is 24.6 Å². The van der Waals surface area contributed by atoms with Gasteiger partial charge < -0.3 is 25.6 Å². The maximum Gasteiger partial charge on any atom is 0.328 e. The quantitative estimate of drug-likeness (QED) is 0.494. The SMILES string of the molecule is O=C(NCC1CN2CCCC2CO1)N[C@H](CO)C(=O)O. The number of rotatable bonds is 5. The van der Waals surface area contributed by atoms with Gasteiger partial charge in [0.15, 0.2) is 6.04 Å². The monoisotopic (exact) mass is 287 g/mol. The van der Waals surface area contributed by atoms with Crippen molar-refractivity contribution in [3.05, 3.63) is 0 Å². The van der Waals surface area contributed by atoms with E-state index >= 15 is 0 Å². The summed E-state index contributed by atoms with van der Waals surface area (Å²) < 4.78 is 5.67. The van der Waals surface area contributed by atoms with Crippen molar-refractivity contribution in [2.24, 2.45) is 0 Å². The molecule has 2 aliphatic rings. The number of aliphatic hydroxyl groups is 1. The third-order valence-electron chi connectivity index (χ3n) is 3.74. The fourth-order valence-electron chi connectivity index (χ4n) is 2.61. The van der Waals surface area contributed by atoms with Crippen LogP contribution in [0.2, 0.25) is 0 Å². The molecular formula is C12H21N3O5. The molecule has 0 aromatic heterocycles. The van der Waals surface area contributed by atoms with E-state index in [2.05, 4.69) is 15.5 Å². The number of hydrogen-bond donors (Lipinski definition) is 4. The standard InChI is InChI=1S/C12H21N3O5/c16-6-10(11(17)18)14-12(19)13-4-9-5-15-3-1-2-8(15)7-20-9/h8-10,16H,1-7H2,(H,17,18)(H2,13,14,19)/t8?,9?,10-/m1/s1. The molecule has 0 radical (unpaired) electrons. The minimum absolute atomic E-state index is 0.0764. The Morgan fingerprint density at radius 2 is 2.25 bits per heavy atom. The summed E-state index contributed by atoms with van der Waals surface area (Å²) >= 11 is 0. The number of hydrogen-bond acceptors (Lipinski definition) is 5. The summed E-state index contributed by atoms with van der Waals surface area (Å²) in [4.78, 5) is 24.5. The molecule has 2 heterocycles. The minimum atomic E-state index is -1.29. The summed E-state index contributed by atoms with van der Waals surface area (Å²) in [5.74, 6) is -1.27. The number of carboxylic acid groups (broad SMARTS) is 1. The topological polar surface area (TPSA) is 111 Å². The van der Waals surface area contributed by atoms with Crippen molar-refractivity contribution in [3.8, 4) is 0 Å². The van der Waals surface area contributed by atoms with Crippen LogP contribution in [0.3, 0.4) is 0 Å². The van der Waals surface area contributed by atoms with E-state index in [1.807, 2.05) is 0 Å². The largest absolute Gasteiger partial charge is 0.480 e. The lowest BCUT2D eigenvalue weighted by Crippen LogP contribution is -2.53. The Bertz CT molecular complexity index is 365. The van der Waals surface area contributed by atoms with Gasteiger partial charge in [0.2, 0.25) is 0 Å². The third-order valence-corrected chi connectivity index (χ3v) is 3.74. The van der Waals surface area contributed by atoms with Crippen LogP contribution in [-0.2, 0) is 9.53 Å². The number of carboxylic acids is 1. The lowest BCUT2D eigenvalue weighted by Gasteiger charge is -2.35. The highest BCUT2D eigenvalue weighted by Gasteiger charge is 2.32.